The highest BCUT2D eigenvalue weighted by Gasteiger charge is 2.20. The number of ether oxygens (including phenoxy) is 1. The average molecular weight is 356 g/mol. The van der Waals surface area contributed by atoms with E-state index in [1.54, 1.807) is 0 Å². The standard InChI is InChI=1S/C20H28N4O2/c1-15-19(16(2)24(23-15)18-7-4-3-5-8-18)13-22-20(25)21-11-6-12-26-14-17-9-10-17/h3-5,7-8,17H,6,9-14H2,1-2H3,(H2,21,22,25). The molecule has 6 heteroatoms. The molecule has 0 radical (unpaired) electrons. The number of benzene rings is 1. The van der Waals surface area contributed by atoms with Crippen LogP contribution < -0.4 is 10.6 Å². The van der Waals surface area contributed by atoms with E-state index >= 15 is 0 Å². The summed E-state index contributed by atoms with van der Waals surface area (Å²) in [6.45, 7) is 6.67. The SMILES string of the molecule is Cc1nn(-c2ccccc2)c(C)c1CNC(=O)NCCCOCC1CC1. The van der Waals surface area contributed by atoms with Crippen molar-refractivity contribution in [3.05, 3.63) is 47.3 Å². The Hall–Kier alpha value is -2.34. The number of amides is 2. The fraction of sp³-hybridized carbons (Fsp3) is 0.500. The molecule has 1 aliphatic rings. The number of rotatable bonds is 9. The molecule has 1 aliphatic carbocycles. The second-order valence-electron chi connectivity index (χ2n) is 6.88. The molecule has 2 N–H and O–H groups in total. The van der Waals surface area contributed by atoms with E-state index in [2.05, 4.69) is 15.7 Å². The van der Waals surface area contributed by atoms with E-state index in [0.717, 1.165) is 41.6 Å². The number of hydrogen-bond donors (Lipinski definition) is 2. The van der Waals surface area contributed by atoms with E-state index < -0.39 is 0 Å². The molecule has 1 aromatic heterocycles. The lowest BCUT2D eigenvalue weighted by Crippen LogP contribution is -2.36. The van der Waals surface area contributed by atoms with Crippen LogP contribution >= 0.6 is 0 Å². The summed E-state index contributed by atoms with van der Waals surface area (Å²) >= 11 is 0. The van der Waals surface area contributed by atoms with Crippen molar-refractivity contribution >= 4 is 6.03 Å². The monoisotopic (exact) mass is 356 g/mol. The zero-order valence-corrected chi connectivity index (χ0v) is 15.6. The number of urea groups is 1. The fourth-order valence-corrected chi connectivity index (χ4v) is 2.89. The maximum Gasteiger partial charge on any atom is 0.315 e. The highest BCUT2D eigenvalue weighted by Crippen LogP contribution is 2.28. The first-order valence-corrected chi connectivity index (χ1v) is 9.35. The molecule has 26 heavy (non-hydrogen) atoms. The average Bonchev–Trinajstić information content (AvgIpc) is 3.43. The maximum atomic E-state index is 12.0. The third kappa shape index (κ3) is 5.08. The summed E-state index contributed by atoms with van der Waals surface area (Å²) in [6, 6.07) is 9.86. The first-order valence-electron chi connectivity index (χ1n) is 9.35. The molecule has 2 aromatic rings. The zero-order valence-electron chi connectivity index (χ0n) is 15.6. The molecule has 1 fully saturated rings. The van der Waals surface area contributed by atoms with E-state index in [4.69, 9.17) is 4.74 Å². The van der Waals surface area contributed by atoms with Crippen LogP contribution in [0.25, 0.3) is 5.69 Å². The summed E-state index contributed by atoms with van der Waals surface area (Å²) in [5.74, 6) is 0.787. The predicted molar refractivity (Wildman–Crippen MR) is 101 cm³/mol. The maximum absolute atomic E-state index is 12.0. The van der Waals surface area contributed by atoms with E-state index in [9.17, 15) is 4.79 Å². The number of nitrogens with zero attached hydrogens (tertiary/aromatic N) is 2. The van der Waals surface area contributed by atoms with E-state index in [1.807, 2.05) is 48.9 Å². The predicted octanol–water partition coefficient (Wildman–Crippen LogP) is 3.11. The van der Waals surface area contributed by atoms with Crippen molar-refractivity contribution < 1.29 is 9.53 Å². The van der Waals surface area contributed by atoms with Gasteiger partial charge in [-0.25, -0.2) is 9.48 Å². The normalized spacial score (nSPS) is 13.6. The van der Waals surface area contributed by atoms with Crippen LogP contribution in [0.5, 0.6) is 0 Å². The van der Waals surface area contributed by atoms with Crippen molar-refractivity contribution in [3.63, 3.8) is 0 Å². The van der Waals surface area contributed by atoms with Gasteiger partial charge in [0.25, 0.3) is 0 Å². The molecule has 1 heterocycles. The largest absolute Gasteiger partial charge is 0.381 e. The van der Waals surface area contributed by atoms with Crippen LogP contribution in [0.3, 0.4) is 0 Å². The Morgan fingerprint density at radius 2 is 2.00 bits per heavy atom. The third-order valence-corrected chi connectivity index (χ3v) is 4.67. The van der Waals surface area contributed by atoms with Crippen molar-refractivity contribution in [2.75, 3.05) is 19.8 Å². The topological polar surface area (TPSA) is 68.2 Å². The Morgan fingerprint density at radius 1 is 1.23 bits per heavy atom. The number of carbonyl (C=O) groups excluding carboxylic acids is 1. The van der Waals surface area contributed by atoms with E-state index in [0.29, 0.717) is 19.7 Å². The molecule has 0 atom stereocenters. The fourth-order valence-electron chi connectivity index (χ4n) is 2.89. The van der Waals surface area contributed by atoms with Gasteiger partial charge in [0, 0.05) is 37.6 Å². The van der Waals surface area contributed by atoms with Gasteiger partial charge in [-0.3, -0.25) is 0 Å². The molecule has 0 unspecified atom stereocenters. The number of aromatic nitrogens is 2. The van der Waals surface area contributed by atoms with Gasteiger partial charge in [0.1, 0.15) is 0 Å². The Bertz CT molecular complexity index is 723. The minimum Gasteiger partial charge on any atom is -0.381 e. The second kappa shape index (κ2) is 8.85. The smallest absolute Gasteiger partial charge is 0.315 e. The van der Waals surface area contributed by atoms with Crippen LogP contribution in [0, 0.1) is 19.8 Å². The molecule has 0 aliphatic heterocycles. The molecule has 0 saturated heterocycles. The van der Waals surface area contributed by atoms with Crippen molar-refractivity contribution in [3.8, 4) is 5.69 Å². The molecule has 140 valence electrons. The zero-order chi connectivity index (χ0) is 18.4. The van der Waals surface area contributed by atoms with Gasteiger partial charge in [-0.15, -0.1) is 0 Å². The van der Waals surface area contributed by atoms with Gasteiger partial charge < -0.3 is 15.4 Å². The molecule has 3 rings (SSSR count). The minimum atomic E-state index is -0.154. The second-order valence-corrected chi connectivity index (χ2v) is 6.88. The van der Waals surface area contributed by atoms with Crippen LogP contribution in [-0.4, -0.2) is 35.6 Å². The van der Waals surface area contributed by atoms with Crippen molar-refractivity contribution in [1.29, 1.82) is 0 Å². The number of carbonyl (C=O) groups is 1. The summed E-state index contributed by atoms with van der Waals surface area (Å²) in [5.41, 5.74) is 4.05. The van der Waals surface area contributed by atoms with Gasteiger partial charge in [0.15, 0.2) is 0 Å². The molecular weight excluding hydrogens is 328 g/mol. The molecular formula is C20H28N4O2. The quantitative estimate of drug-likeness (QED) is 0.679. The summed E-state index contributed by atoms with van der Waals surface area (Å²) in [7, 11) is 0. The summed E-state index contributed by atoms with van der Waals surface area (Å²) in [6.07, 6.45) is 3.45. The molecule has 0 spiro atoms. The first kappa shape index (κ1) is 18.5. The van der Waals surface area contributed by atoms with Crippen LogP contribution in [-0.2, 0) is 11.3 Å². The first-order chi connectivity index (χ1) is 12.6. The van der Waals surface area contributed by atoms with Gasteiger partial charge in [-0.05, 0) is 51.2 Å². The molecule has 1 aromatic carbocycles. The van der Waals surface area contributed by atoms with Gasteiger partial charge in [-0.1, -0.05) is 18.2 Å². The van der Waals surface area contributed by atoms with Crippen LogP contribution in [0.2, 0.25) is 0 Å². The van der Waals surface area contributed by atoms with Crippen LogP contribution in [0.1, 0.15) is 36.2 Å². The molecule has 2 amide bonds. The molecule has 1 saturated carbocycles. The van der Waals surface area contributed by atoms with Gasteiger partial charge in [0.05, 0.1) is 11.4 Å². The Balaban J connectivity index is 1.42. The Kier molecular flexibility index (Phi) is 6.28. The van der Waals surface area contributed by atoms with Crippen molar-refractivity contribution in [2.45, 2.75) is 39.7 Å². The summed E-state index contributed by atoms with van der Waals surface area (Å²) in [4.78, 5) is 12.0. The number of para-hydroxylation sites is 1. The molecule has 6 nitrogen and oxygen atoms in total. The van der Waals surface area contributed by atoms with Crippen LogP contribution in [0.15, 0.2) is 30.3 Å². The summed E-state index contributed by atoms with van der Waals surface area (Å²) in [5, 5.41) is 10.4. The van der Waals surface area contributed by atoms with E-state index in [1.165, 1.54) is 12.8 Å². The number of nitrogens with one attached hydrogen (secondary N) is 2. The Labute approximate surface area is 154 Å². The van der Waals surface area contributed by atoms with E-state index in [-0.39, 0.29) is 6.03 Å². The number of hydrogen-bond acceptors (Lipinski definition) is 3. The van der Waals surface area contributed by atoms with Gasteiger partial charge in [-0.2, -0.15) is 5.10 Å². The highest BCUT2D eigenvalue weighted by molar-refractivity contribution is 5.73. The lowest BCUT2D eigenvalue weighted by Gasteiger charge is -2.09. The number of aryl methyl sites for hydroxylation is 1. The van der Waals surface area contributed by atoms with Crippen molar-refractivity contribution in [2.24, 2.45) is 5.92 Å². The lowest BCUT2D eigenvalue weighted by atomic mass is 10.2. The Morgan fingerprint density at radius 3 is 2.73 bits per heavy atom. The summed E-state index contributed by atoms with van der Waals surface area (Å²) < 4.78 is 7.48. The van der Waals surface area contributed by atoms with Gasteiger partial charge in [0.2, 0.25) is 0 Å². The van der Waals surface area contributed by atoms with Crippen LogP contribution in [0.4, 0.5) is 4.79 Å². The molecule has 0 bridgehead atoms. The van der Waals surface area contributed by atoms with Crippen molar-refractivity contribution in [1.82, 2.24) is 20.4 Å². The van der Waals surface area contributed by atoms with Gasteiger partial charge >= 0.3 is 6.03 Å². The minimum absolute atomic E-state index is 0.154. The highest BCUT2D eigenvalue weighted by atomic mass is 16.5. The lowest BCUT2D eigenvalue weighted by molar-refractivity contribution is 0.122. The third-order valence-electron chi connectivity index (χ3n) is 4.67.